The first kappa shape index (κ1) is 14.9. The van der Waals surface area contributed by atoms with E-state index in [0.717, 1.165) is 17.0 Å². The van der Waals surface area contributed by atoms with Crippen molar-refractivity contribution in [3.05, 3.63) is 52.3 Å². The van der Waals surface area contributed by atoms with Crippen LogP contribution in [0, 0.1) is 17.2 Å². The van der Waals surface area contributed by atoms with Crippen LogP contribution in [0.1, 0.15) is 19.4 Å². The summed E-state index contributed by atoms with van der Waals surface area (Å²) in [6.07, 6.45) is 0. The molecule has 0 atom stereocenters. The lowest BCUT2D eigenvalue weighted by molar-refractivity contribution is 0.415. The largest absolute Gasteiger partial charge is 0.497 e. The Morgan fingerprint density at radius 2 is 1.86 bits per heavy atom. The first-order chi connectivity index (χ1) is 10.1. The average Bonchev–Trinajstić information content (AvgIpc) is 2.49. The van der Waals surface area contributed by atoms with Gasteiger partial charge < -0.3 is 9.30 Å². The Balaban J connectivity index is 2.59. The van der Waals surface area contributed by atoms with E-state index < -0.39 is 0 Å². The molecule has 0 spiro atoms. The average molecular weight is 282 g/mol. The molecule has 0 amide bonds. The standard InChI is InChI=1S/C17H18N2O2/c1-12(2)11-19-16(9-6-14(10-18)17(19)20)13-4-7-15(21-3)8-5-13/h4-9,12H,11H2,1-3H3. The van der Waals surface area contributed by atoms with Gasteiger partial charge in [0.05, 0.1) is 12.8 Å². The molecule has 0 N–H and O–H groups in total. The van der Waals surface area contributed by atoms with Crippen LogP contribution in [-0.4, -0.2) is 11.7 Å². The molecule has 0 fully saturated rings. The minimum absolute atomic E-state index is 0.174. The van der Waals surface area contributed by atoms with E-state index in [2.05, 4.69) is 0 Å². The molecule has 2 rings (SSSR count). The molecule has 4 heteroatoms. The number of rotatable bonds is 4. The van der Waals surface area contributed by atoms with Gasteiger partial charge in [0.2, 0.25) is 0 Å². The Bertz CT molecular complexity index is 722. The van der Waals surface area contributed by atoms with Crippen molar-refractivity contribution in [2.45, 2.75) is 20.4 Å². The molecule has 0 bridgehead atoms. The molecular formula is C17H18N2O2. The molecule has 1 heterocycles. The lowest BCUT2D eigenvalue weighted by Crippen LogP contribution is -2.26. The van der Waals surface area contributed by atoms with Crippen LogP contribution in [0.5, 0.6) is 5.75 Å². The summed E-state index contributed by atoms with van der Waals surface area (Å²) < 4.78 is 6.82. The van der Waals surface area contributed by atoms with Crippen molar-refractivity contribution in [1.82, 2.24) is 4.57 Å². The van der Waals surface area contributed by atoms with Crippen LogP contribution in [0.15, 0.2) is 41.2 Å². The predicted octanol–water partition coefficient (Wildman–Crippen LogP) is 3.05. The highest BCUT2D eigenvalue weighted by molar-refractivity contribution is 5.61. The molecule has 1 aromatic heterocycles. The second-order valence-electron chi connectivity index (χ2n) is 5.28. The third-order valence-corrected chi connectivity index (χ3v) is 3.23. The van der Waals surface area contributed by atoms with Gasteiger partial charge >= 0.3 is 0 Å². The van der Waals surface area contributed by atoms with Crippen LogP contribution in [0.2, 0.25) is 0 Å². The highest BCUT2D eigenvalue weighted by Gasteiger charge is 2.11. The van der Waals surface area contributed by atoms with Gasteiger partial charge in [-0.25, -0.2) is 0 Å². The number of ether oxygens (including phenoxy) is 1. The number of benzene rings is 1. The maximum absolute atomic E-state index is 12.4. The summed E-state index contributed by atoms with van der Waals surface area (Å²) in [6, 6.07) is 12.9. The van der Waals surface area contributed by atoms with Crippen molar-refractivity contribution in [1.29, 1.82) is 5.26 Å². The highest BCUT2D eigenvalue weighted by atomic mass is 16.5. The Hall–Kier alpha value is -2.54. The van der Waals surface area contributed by atoms with Crippen LogP contribution < -0.4 is 10.3 Å². The van der Waals surface area contributed by atoms with E-state index in [1.165, 1.54) is 0 Å². The number of methoxy groups -OCH3 is 1. The van der Waals surface area contributed by atoms with E-state index >= 15 is 0 Å². The zero-order valence-corrected chi connectivity index (χ0v) is 12.5. The van der Waals surface area contributed by atoms with E-state index in [0.29, 0.717) is 12.5 Å². The number of nitrogens with zero attached hydrogens (tertiary/aromatic N) is 2. The van der Waals surface area contributed by atoms with Crippen molar-refractivity contribution in [3.8, 4) is 23.1 Å². The van der Waals surface area contributed by atoms with E-state index in [1.807, 2.05) is 50.2 Å². The Kier molecular flexibility index (Phi) is 4.44. The molecule has 4 nitrogen and oxygen atoms in total. The molecule has 0 aliphatic heterocycles. The zero-order valence-electron chi connectivity index (χ0n) is 12.5. The van der Waals surface area contributed by atoms with Gasteiger partial charge in [-0.2, -0.15) is 5.26 Å². The number of aromatic nitrogens is 1. The van der Waals surface area contributed by atoms with E-state index in [-0.39, 0.29) is 11.1 Å². The van der Waals surface area contributed by atoms with Crippen molar-refractivity contribution in [3.63, 3.8) is 0 Å². The van der Waals surface area contributed by atoms with Gasteiger partial charge in [0.1, 0.15) is 17.4 Å². The molecule has 2 aromatic rings. The quantitative estimate of drug-likeness (QED) is 0.866. The van der Waals surface area contributed by atoms with Crippen molar-refractivity contribution >= 4 is 0 Å². The second-order valence-corrected chi connectivity index (χ2v) is 5.28. The van der Waals surface area contributed by atoms with Gasteiger partial charge in [-0.15, -0.1) is 0 Å². The van der Waals surface area contributed by atoms with Gasteiger partial charge in [0.15, 0.2) is 0 Å². The molecule has 0 unspecified atom stereocenters. The number of hydrogen-bond acceptors (Lipinski definition) is 3. The normalized spacial score (nSPS) is 10.4. The smallest absolute Gasteiger partial charge is 0.268 e. The third kappa shape index (κ3) is 3.14. The van der Waals surface area contributed by atoms with Crippen LogP contribution >= 0.6 is 0 Å². The van der Waals surface area contributed by atoms with E-state index in [9.17, 15) is 4.79 Å². The minimum atomic E-state index is -0.237. The van der Waals surface area contributed by atoms with E-state index in [4.69, 9.17) is 10.00 Å². The van der Waals surface area contributed by atoms with Crippen molar-refractivity contribution in [2.24, 2.45) is 5.92 Å². The van der Waals surface area contributed by atoms with Gasteiger partial charge in [0.25, 0.3) is 5.56 Å². The lowest BCUT2D eigenvalue weighted by atomic mass is 10.1. The maximum Gasteiger partial charge on any atom is 0.268 e. The number of nitriles is 1. The van der Waals surface area contributed by atoms with Crippen molar-refractivity contribution in [2.75, 3.05) is 7.11 Å². The lowest BCUT2D eigenvalue weighted by Gasteiger charge is -2.15. The van der Waals surface area contributed by atoms with Gasteiger partial charge in [-0.1, -0.05) is 13.8 Å². The van der Waals surface area contributed by atoms with Gasteiger partial charge in [0, 0.05) is 6.54 Å². The fourth-order valence-electron chi connectivity index (χ4n) is 2.22. The third-order valence-electron chi connectivity index (χ3n) is 3.23. The van der Waals surface area contributed by atoms with Crippen molar-refractivity contribution < 1.29 is 4.74 Å². The molecule has 0 radical (unpaired) electrons. The summed E-state index contributed by atoms with van der Waals surface area (Å²) in [5, 5.41) is 9.03. The summed E-state index contributed by atoms with van der Waals surface area (Å²) >= 11 is 0. The SMILES string of the molecule is COc1ccc(-c2ccc(C#N)c(=O)n2CC(C)C)cc1. The summed E-state index contributed by atoms with van der Waals surface area (Å²) in [4.78, 5) is 12.4. The second kappa shape index (κ2) is 6.27. The molecular weight excluding hydrogens is 264 g/mol. The van der Waals surface area contributed by atoms with E-state index in [1.54, 1.807) is 17.7 Å². The Labute approximate surface area is 124 Å². The minimum Gasteiger partial charge on any atom is -0.497 e. The summed E-state index contributed by atoms with van der Waals surface area (Å²) in [7, 11) is 1.62. The summed E-state index contributed by atoms with van der Waals surface area (Å²) in [6.45, 7) is 4.67. The number of pyridine rings is 1. The molecule has 0 saturated heterocycles. The summed E-state index contributed by atoms with van der Waals surface area (Å²) in [5.74, 6) is 1.08. The van der Waals surface area contributed by atoms with Crippen LogP contribution in [0.4, 0.5) is 0 Å². The molecule has 1 aromatic carbocycles. The highest BCUT2D eigenvalue weighted by Crippen LogP contribution is 2.22. The maximum atomic E-state index is 12.4. The zero-order chi connectivity index (χ0) is 15.4. The van der Waals surface area contributed by atoms with Crippen LogP contribution in [-0.2, 0) is 6.54 Å². The summed E-state index contributed by atoms with van der Waals surface area (Å²) in [5.41, 5.74) is 1.68. The molecule has 0 saturated carbocycles. The Morgan fingerprint density at radius 1 is 1.19 bits per heavy atom. The molecule has 21 heavy (non-hydrogen) atoms. The predicted molar refractivity (Wildman–Crippen MR) is 82.2 cm³/mol. The van der Waals surface area contributed by atoms with Gasteiger partial charge in [-0.05, 0) is 47.9 Å². The molecule has 0 aliphatic rings. The first-order valence-corrected chi connectivity index (χ1v) is 6.85. The monoisotopic (exact) mass is 282 g/mol. The Morgan fingerprint density at radius 3 is 2.38 bits per heavy atom. The fourth-order valence-corrected chi connectivity index (χ4v) is 2.22. The fraction of sp³-hybridized carbons (Fsp3) is 0.294. The number of hydrogen-bond donors (Lipinski definition) is 0. The van der Waals surface area contributed by atoms with Crippen LogP contribution in [0.25, 0.3) is 11.3 Å². The van der Waals surface area contributed by atoms with Crippen LogP contribution in [0.3, 0.4) is 0 Å². The topological polar surface area (TPSA) is 55.0 Å². The molecule has 0 aliphatic carbocycles. The first-order valence-electron chi connectivity index (χ1n) is 6.85. The molecule has 108 valence electrons. The van der Waals surface area contributed by atoms with Gasteiger partial charge in [-0.3, -0.25) is 4.79 Å².